The van der Waals surface area contributed by atoms with Gasteiger partial charge in [-0.05, 0) is 28.8 Å². The SMILES string of the molecule is O=C(O)c1onc(Br)c1C1CCCOC1. The summed E-state index contributed by atoms with van der Waals surface area (Å²) in [7, 11) is 0. The number of rotatable bonds is 2. The predicted octanol–water partition coefficient (Wildman–Crippen LogP) is 2.03. The first-order valence-corrected chi connectivity index (χ1v) is 5.45. The topological polar surface area (TPSA) is 72.6 Å². The van der Waals surface area contributed by atoms with E-state index in [2.05, 4.69) is 21.1 Å². The third-order valence-electron chi connectivity index (χ3n) is 2.45. The number of carboxylic acid groups (broad SMARTS) is 1. The summed E-state index contributed by atoms with van der Waals surface area (Å²) < 4.78 is 10.5. The zero-order valence-electron chi connectivity index (χ0n) is 7.90. The summed E-state index contributed by atoms with van der Waals surface area (Å²) in [6.45, 7) is 1.27. The number of ether oxygens (including phenoxy) is 1. The van der Waals surface area contributed by atoms with Gasteiger partial charge in [0.25, 0.3) is 0 Å². The van der Waals surface area contributed by atoms with E-state index in [4.69, 9.17) is 14.4 Å². The number of hydrogen-bond acceptors (Lipinski definition) is 4. The van der Waals surface area contributed by atoms with Crippen LogP contribution >= 0.6 is 15.9 Å². The molecule has 2 heterocycles. The summed E-state index contributed by atoms with van der Waals surface area (Å²) in [6, 6.07) is 0. The van der Waals surface area contributed by atoms with Crippen molar-refractivity contribution >= 4 is 21.9 Å². The predicted molar refractivity (Wildman–Crippen MR) is 54.0 cm³/mol. The normalized spacial score (nSPS) is 21.5. The van der Waals surface area contributed by atoms with E-state index in [-0.39, 0.29) is 11.7 Å². The molecule has 1 aliphatic heterocycles. The monoisotopic (exact) mass is 275 g/mol. The minimum absolute atomic E-state index is 0.0606. The highest BCUT2D eigenvalue weighted by Crippen LogP contribution is 2.33. The molecule has 1 aromatic heterocycles. The van der Waals surface area contributed by atoms with Crippen LogP contribution in [-0.2, 0) is 4.74 Å². The molecule has 0 aromatic carbocycles. The van der Waals surface area contributed by atoms with Crippen molar-refractivity contribution in [3.63, 3.8) is 0 Å². The Balaban J connectivity index is 2.32. The fourth-order valence-corrected chi connectivity index (χ4v) is 2.33. The van der Waals surface area contributed by atoms with Gasteiger partial charge in [-0.15, -0.1) is 0 Å². The van der Waals surface area contributed by atoms with Gasteiger partial charge in [0.05, 0.1) is 6.61 Å². The zero-order chi connectivity index (χ0) is 10.8. The Morgan fingerprint density at radius 1 is 1.60 bits per heavy atom. The molecule has 0 amide bonds. The lowest BCUT2D eigenvalue weighted by Crippen LogP contribution is -2.17. The van der Waals surface area contributed by atoms with Gasteiger partial charge >= 0.3 is 5.97 Å². The average molecular weight is 276 g/mol. The zero-order valence-corrected chi connectivity index (χ0v) is 9.49. The maximum Gasteiger partial charge on any atom is 0.375 e. The lowest BCUT2D eigenvalue weighted by molar-refractivity contribution is 0.0635. The Kier molecular flexibility index (Phi) is 3.06. The molecule has 0 bridgehead atoms. The van der Waals surface area contributed by atoms with Gasteiger partial charge in [-0.25, -0.2) is 4.79 Å². The van der Waals surface area contributed by atoms with Crippen LogP contribution in [0.5, 0.6) is 0 Å². The van der Waals surface area contributed by atoms with Crippen molar-refractivity contribution in [2.45, 2.75) is 18.8 Å². The van der Waals surface area contributed by atoms with E-state index in [1.165, 1.54) is 0 Å². The largest absolute Gasteiger partial charge is 0.475 e. The van der Waals surface area contributed by atoms with Gasteiger partial charge in [-0.3, -0.25) is 0 Å². The van der Waals surface area contributed by atoms with E-state index in [0.29, 0.717) is 16.8 Å². The Labute approximate surface area is 94.5 Å². The van der Waals surface area contributed by atoms with Gasteiger partial charge in [0, 0.05) is 18.1 Å². The lowest BCUT2D eigenvalue weighted by atomic mass is 9.94. The van der Waals surface area contributed by atoms with E-state index < -0.39 is 5.97 Å². The van der Waals surface area contributed by atoms with Crippen LogP contribution < -0.4 is 0 Å². The smallest absolute Gasteiger partial charge is 0.375 e. The van der Waals surface area contributed by atoms with Crippen LogP contribution in [0.2, 0.25) is 0 Å². The van der Waals surface area contributed by atoms with Crippen LogP contribution in [0.3, 0.4) is 0 Å². The minimum atomic E-state index is -1.09. The highest BCUT2D eigenvalue weighted by molar-refractivity contribution is 9.10. The molecule has 6 heteroatoms. The number of aromatic carboxylic acids is 1. The fraction of sp³-hybridized carbons (Fsp3) is 0.556. The molecular weight excluding hydrogens is 266 g/mol. The second kappa shape index (κ2) is 4.32. The quantitative estimate of drug-likeness (QED) is 0.894. The van der Waals surface area contributed by atoms with Crippen molar-refractivity contribution < 1.29 is 19.2 Å². The maximum atomic E-state index is 10.9. The third kappa shape index (κ3) is 2.05. The third-order valence-corrected chi connectivity index (χ3v) is 3.02. The number of halogens is 1. The summed E-state index contributed by atoms with van der Waals surface area (Å²) in [4.78, 5) is 10.9. The van der Waals surface area contributed by atoms with E-state index >= 15 is 0 Å². The summed E-state index contributed by atoms with van der Waals surface area (Å²) in [5.74, 6) is -1.11. The van der Waals surface area contributed by atoms with Crippen LogP contribution in [-0.4, -0.2) is 29.4 Å². The first-order chi connectivity index (χ1) is 7.20. The second-order valence-electron chi connectivity index (χ2n) is 3.44. The number of aromatic nitrogens is 1. The molecule has 1 aromatic rings. The number of nitrogens with zero attached hydrogens (tertiary/aromatic N) is 1. The van der Waals surface area contributed by atoms with E-state index in [1.54, 1.807) is 0 Å². The van der Waals surface area contributed by atoms with Crippen LogP contribution in [0.4, 0.5) is 0 Å². The molecule has 1 fully saturated rings. The minimum Gasteiger partial charge on any atom is -0.475 e. The molecule has 0 radical (unpaired) electrons. The number of carbonyl (C=O) groups is 1. The summed E-state index contributed by atoms with van der Waals surface area (Å²) in [6.07, 6.45) is 1.83. The Morgan fingerprint density at radius 3 is 3.00 bits per heavy atom. The molecular formula is C9H10BrNO4. The number of hydrogen-bond donors (Lipinski definition) is 1. The van der Waals surface area contributed by atoms with Crippen LogP contribution in [0.1, 0.15) is 34.9 Å². The number of carboxylic acids is 1. The van der Waals surface area contributed by atoms with Gasteiger partial charge in [-0.1, -0.05) is 5.16 Å². The van der Waals surface area contributed by atoms with Gasteiger partial charge in [0.2, 0.25) is 5.76 Å². The average Bonchev–Trinajstić information content (AvgIpc) is 2.61. The lowest BCUT2D eigenvalue weighted by Gasteiger charge is -2.21. The summed E-state index contributed by atoms with van der Waals surface area (Å²) in [5.41, 5.74) is 0.613. The first-order valence-electron chi connectivity index (χ1n) is 4.66. The highest BCUT2D eigenvalue weighted by atomic mass is 79.9. The summed E-state index contributed by atoms with van der Waals surface area (Å²) in [5, 5.41) is 12.5. The molecule has 1 saturated heterocycles. The van der Waals surface area contributed by atoms with E-state index in [0.717, 1.165) is 19.4 Å². The molecule has 1 N–H and O–H groups in total. The Morgan fingerprint density at radius 2 is 2.40 bits per heavy atom. The van der Waals surface area contributed by atoms with E-state index in [1.807, 2.05) is 0 Å². The Bertz CT molecular complexity index is 370. The fourth-order valence-electron chi connectivity index (χ4n) is 1.75. The molecule has 82 valence electrons. The van der Waals surface area contributed by atoms with Gasteiger partial charge in [-0.2, -0.15) is 0 Å². The summed E-state index contributed by atoms with van der Waals surface area (Å²) >= 11 is 3.20. The van der Waals surface area contributed by atoms with Crippen molar-refractivity contribution in [1.29, 1.82) is 0 Å². The van der Waals surface area contributed by atoms with Crippen molar-refractivity contribution in [1.82, 2.24) is 5.16 Å². The van der Waals surface area contributed by atoms with Gasteiger partial charge in [0.1, 0.15) is 0 Å². The molecule has 0 saturated carbocycles. The molecule has 0 spiro atoms. The van der Waals surface area contributed by atoms with Crippen molar-refractivity contribution in [2.24, 2.45) is 0 Å². The maximum absolute atomic E-state index is 10.9. The van der Waals surface area contributed by atoms with Crippen molar-refractivity contribution in [3.05, 3.63) is 15.9 Å². The molecule has 1 atom stereocenters. The standard InChI is InChI=1S/C9H10BrNO4/c10-8-6(5-2-1-3-14-4-5)7(9(12)13)15-11-8/h5H,1-4H2,(H,12,13). The van der Waals surface area contributed by atoms with Gasteiger partial charge < -0.3 is 14.4 Å². The Hall–Kier alpha value is -0.880. The van der Waals surface area contributed by atoms with Crippen molar-refractivity contribution in [3.8, 4) is 0 Å². The van der Waals surface area contributed by atoms with Crippen LogP contribution in [0.15, 0.2) is 9.13 Å². The van der Waals surface area contributed by atoms with Crippen LogP contribution in [0.25, 0.3) is 0 Å². The molecule has 0 aliphatic carbocycles. The van der Waals surface area contributed by atoms with E-state index in [9.17, 15) is 4.79 Å². The molecule has 2 rings (SSSR count). The highest BCUT2D eigenvalue weighted by Gasteiger charge is 2.28. The van der Waals surface area contributed by atoms with Crippen LogP contribution in [0, 0.1) is 0 Å². The molecule has 5 nitrogen and oxygen atoms in total. The van der Waals surface area contributed by atoms with Crippen molar-refractivity contribution in [2.75, 3.05) is 13.2 Å². The molecule has 1 aliphatic rings. The first kappa shape index (κ1) is 10.6. The van der Waals surface area contributed by atoms with Gasteiger partial charge in [0.15, 0.2) is 4.60 Å². The second-order valence-corrected chi connectivity index (χ2v) is 4.19. The molecule has 1 unspecified atom stereocenters. The molecule has 15 heavy (non-hydrogen) atoms.